The van der Waals surface area contributed by atoms with Crippen molar-refractivity contribution in [2.24, 2.45) is 0 Å². The Kier molecular flexibility index (Phi) is 7.72. The Hall–Kier alpha value is -2.31. The zero-order valence-electron chi connectivity index (χ0n) is 17.1. The number of nitrogens with zero attached hydrogens (tertiary/aromatic N) is 2. The molecule has 0 aliphatic carbocycles. The second kappa shape index (κ2) is 10.5. The average molecular weight is 412 g/mol. The molecule has 0 bridgehead atoms. The highest BCUT2D eigenvalue weighted by atomic mass is 32.2. The molecule has 2 amide bonds. The quantitative estimate of drug-likeness (QED) is 0.711. The van der Waals surface area contributed by atoms with Crippen molar-refractivity contribution >= 4 is 23.6 Å². The van der Waals surface area contributed by atoms with E-state index in [1.165, 1.54) is 17.3 Å². The first kappa shape index (κ1) is 21.4. The van der Waals surface area contributed by atoms with Crippen LogP contribution in [0, 0.1) is 0 Å². The van der Waals surface area contributed by atoms with Gasteiger partial charge in [0.05, 0.1) is 11.3 Å². The Labute approximate surface area is 177 Å². The lowest BCUT2D eigenvalue weighted by Gasteiger charge is -2.32. The molecular weight excluding hydrogens is 382 g/mol. The third kappa shape index (κ3) is 6.34. The minimum atomic E-state index is -0.0492. The standard InChI is InChI=1S/C23H29N3O2S/c1-25(2)22(27)17-29-21-11-7-6-10-20(21)23(28)24-19-12-14-26(15-13-19)16-18-8-4-3-5-9-18/h3-11,19H,12-17H2,1-2H3,(H,24,28). The van der Waals surface area contributed by atoms with Crippen LogP contribution in [0.3, 0.4) is 0 Å². The molecule has 0 unspecified atom stereocenters. The number of likely N-dealkylation sites (tertiary alicyclic amines) is 1. The molecule has 154 valence electrons. The molecule has 2 aromatic carbocycles. The Balaban J connectivity index is 1.51. The van der Waals surface area contributed by atoms with Gasteiger partial charge in [0.25, 0.3) is 5.91 Å². The van der Waals surface area contributed by atoms with Crippen LogP contribution < -0.4 is 5.32 Å². The Morgan fingerprint density at radius 3 is 2.38 bits per heavy atom. The minimum Gasteiger partial charge on any atom is -0.349 e. The van der Waals surface area contributed by atoms with E-state index in [4.69, 9.17) is 0 Å². The second-order valence-electron chi connectivity index (χ2n) is 7.58. The zero-order valence-corrected chi connectivity index (χ0v) is 18.0. The van der Waals surface area contributed by atoms with E-state index >= 15 is 0 Å². The van der Waals surface area contributed by atoms with Crippen LogP contribution >= 0.6 is 11.8 Å². The fourth-order valence-corrected chi connectivity index (χ4v) is 4.42. The normalized spacial score (nSPS) is 15.1. The number of nitrogens with one attached hydrogen (secondary N) is 1. The molecule has 1 aliphatic rings. The van der Waals surface area contributed by atoms with Gasteiger partial charge in [-0.1, -0.05) is 42.5 Å². The van der Waals surface area contributed by atoms with Crippen LogP contribution in [0.1, 0.15) is 28.8 Å². The summed E-state index contributed by atoms with van der Waals surface area (Å²) >= 11 is 1.42. The summed E-state index contributed by atoms with van der Waals surface area (Å²) in [7, 11) is 3.48. The van der Waals surface area contributed by atoms with Gasteiger partial charge in [-0.3, -0.25) is 14.5 Å². The van der Waals surface area contributed by atoms with Gasteiger partial charge in [-0.2, -0.15) is 0 Å². The lowest BCUT2D eigenvalue weighted by atomic mass is 10.0. The van der Waals surface area contributed by atoms with Crippen LogP contribution in [0.2, 0.25) is 0 Å². The molecule has 29 heavy (non-hydrogen) atoms. The Bertz CT molecular complexity index is 818. The molecule has 1 N–H and O–H groups in total. The highest BCUT2D eigenvalue weighted by molar-refractivity contribution is 8.00. The predicted octanol–water partition coefficient (Wildman–Crippen LogP) is 3.26. The first-order valence-electron chi connectivity index (χ1n) is 10.0. The number of hydrogen-bond donors (Lipinski definition) is 1. The fraction of sp³-hybridized carbons (Fsp3) is 0.391. The third-order valence-electron chi connectivity index (χ3n) is 5.15. The molecular formula is C23H29N3O2S. The Morgan fingerprint density at radius 2 is 1.69 bits per heavy atom. The fourth-order valence-electron chi connectivity index (χ4n) is 3.39. The second-order valence-corrected chi connectivity index (χ2v) is 8.60. The van der Waals surface area contributed by atoms with Gasteiger partial charge < -0.3 is 10.2 Å². The molecule has 5 nitrogen and oxygen atoms in total. The van der Waals surface area contributed by atoms with E-state index in [0.29, 0.717) is 11.3 Å². The van der Waals surface area contributed by atoms with Crippen LogP contribution in [-0.2, 0) is 11.3 Å². The highest BCUT2D eigenvalue weighted by Crippen LogP contribution is 2.23. The lowest BCUT2D eigenvalue weighted by molar-refractivity contribution is -0.125. The number of thioether (sulfide) groups is 1. The molecule has 1 saturated heterocycles. The molecule has 1 heterocycles. The monoisotopic (exact) mass is 411 g/mol. The minimum absolute atomic E-state index is 0.0380. The van der Waals surface area contributed by atoms with Gasteiger partial charge in [0.1, 0.15) is 0 Å². The van der Waals surface area contributed by atoms with E-state index in [1.54, 1.807) is 19.0 Å². The number of benzene rings is 2. The van der Waals surface area contributed by atoms with E-state index in [9.17, 15) is 9.59 Å². The smallest absolute Gasteiger partial charge is 0.252 e. The van der Waals surface area contributed by atoms with Crippen LogP contribution in [-0.4, -0.2) is 60.6 Å². The van der Waals surface area contributed by atoms with Crippen molar-refractivity contribution < 1.29 is 9.59 Å². The number of piperidine rings is 1. The van der Waals surface area contributed by atoms with Crippen molar-refractivity contribution in [2.45, 2.75) is 30.3 Å². The highest BCUT2D eigenvalue weighted by Gasteiger charge is 2.22. The predicted molar refractivity (Wildman–Crippen MR) is 118 cm³/mol. The third-order valence-corrected chi connectivity index (χ3v) is 6.21. The van der Waals surface area contributed by atoms with Crippen molar-refractivity contribution in [1.82, 2.24) is 15.1 Å². The van der Waals surface area contributed by atoms with E-state index in [0.717, 1.165) is 37.4 Å². The largest absolute Gasteiger partial charge is 0.349 e. The van der Waals surface area contributed by atoms with Gasteiger partial charge in [0.2, 0.25) is 5.91 Å². The van der Waals surface area contributed by atoms with E-state index in [2.05, 4.69) is 34.5 Å². The molecule has 6 heteroatoms. The number of hydrogen-bond acceptors (Lipinski definition) is 4. The van der Waals surface area contributed by atoms with Crippen molar-refractivity contribution in [1.29, 1.82) is 0 Å². The summed E-state index contributed by atoms with van der Waals surface area (Å²) < 4.78 is 0. The SMILES string of the molecule is CN(C)C(=O)CSc1ccccc1C(=O)NC1CCN(Cc2ccccc2)CC1. The van der Waals surface area contributed by atoms with Crippen LogP contribution in [0.25, 0.3) is 0 Å². The number of rotatable bonds is 7. The summed E-state index contributed by atoms with van der Waals surface area (Å²) in [6, 6.07) is 18.2. The van der Waals surface area contributed by atoms with Gasteiger partial charge in [0, 0.05) is 44.7 Å². The summed E-state index contributed by atoms with van der Waals surface area (Å²) in [6.07, 6.45) is 1.90. The first-order chi connectivity index (χ1) is 14.0. The van der Waals surface area contributed by atoms with Gasteiger partial charge >= 0.3 is 0 Å². The molecule has 0 spiro atoms. The maximum atomic E-state index is 12.9. The van der Waals surface area contributed by atoms with Gasteiger partial charge in [-0.25, -0.2) is 0 Å². The van der Waals surface area contributed by atoms with Crippen LogP contribution in [0.4, 0.5) is 0 Å². The topological polar surface area (TPSA) is 52.7 Å². The van der Waals surface area contributed by atoms with Crippen molar-refractivity contribution in [3.8, 4) is 0 Å². The Morgan fingerprint density at radius 1 is 1.03 bits per heavy atom. The van der Waals surface area contributed by atoms with E-state index in [1.807, 2.05) is 30.3 Å². The van der Waals surface area contributed by atoms with Gasteiger partial charge in [0.15, 0.2) is 0 Å². The number of amides is 2. The molecule has 0 radical (unpaired) electrons. The van der Waals surface area contributed by atoms with Crippen molar-refractivity contribution in [2.75, 3.05) is 32.9 Å². The van der Waals surface area contributed by atoms with E-state index < -0.39 is 0 Å². The average Bonchev–Trinajstić information content (AvgIpc) is 2.74. The van der Waals surface area contributed by atoms with Crippen molar-refractivity contribution in [3.63, 3.8) is 0 Å². The van der Waals surface area contributed by atoms with Gasteiger partial charge in [-0.15, -0.1) is 11.8 Å². The summed E-state index contributed by atoms with van der Waals surface area (Å²) in [5, 5.41) is 3.20. The number of carbonyl (C=O) groups excluding carboxylic acids is 2. The first-order valence-corrected chi connectivity index (χ1v) is 11.0. The van der Waals surface area contributed by atoms with Crippen molar-refractivity contribution in [3.05, 3.63) is 65.7 Å². The maximum absolute atomic E-state index is 12.9. The molecule has 2 aromatic rings. The lowest BCUT2D eigenvalue weighted by Crippen LogP contribution is -2.44. The van der Waals surface area contributed by atoms with Crippen LogP contribution in [0.5, 0.6) is 0 Å². The molecule has 1 aliphatic heterocycles. The summed E-state index contributed by atoms with van der Waals surface area (Å²) in [4.78, 5) is 29.6. The summed E-state index contributed by atoms with van der Waals surface area (Å²) in [5.74, 6) is 0.317. The molecule has 1 fully saturated rings. The molecule has 0 atom stereocenters. The molecule has 0 aromatic heterocycles. The maximum Gasteiger partial charge on any atom is 0.252 e. The zero-order chi connectivity index (χ0) is 20.6. The number of carbonyl (C=O) groups is 2. The van der Waals surface area contributed by atoms with E-state index in [-0.39, 0.29) is 17.9 Å². The molecule has 0 saturated carbocycles. The summed E-state index contributed by atoms with van der Waals surface area (Å²) in [5.41, 5.74) is 1.98. The molecule has 3 rings (SSSR count). The van der Waals surface area contributed by atoms with Crippen LogP contribution in [0.15, 0.2) is 59.5 Å². The van der Waals surface area contributed by atoms with Gasteiger partial charge in [-0.05, 0) is 30.5 Å². The summed E-state index contributed by atoms with van der Waals surface area (Å²) in [6.45, 7) is 2.92.